The molecule has 4 rings (SSSR count). The third-order valence-corrected chi connectivity index (χ3v) is 5.43. The van der Waals surface area contributed by atoms with Crippen LogP contribution in [-0.2, 0) is 22.4 Å². The zero-order valence-corrected chi connectivity index (χ0v) is 18.5. The SMILES string of the molecule is Cc1cccn2cc(CC(=O)NC(C)c3cccc(NC(=O)Cc4ccccc4F)c3)nc12. The molecule has 0 aliphatic heterocycles. The van der Waals surface area contributed by atoms with Crippen molar-refractivity contribution in [3.05, 3.63) is 101 Å². The maximum Gasteiger partial charge on any atom is 0.228 e. The normalized spacial score (nSPS) is 11.8. The summed E-state index contributed by atoms with van der Waals surface area (Å²) in [5.74, 6) is -0.855. The first-order valence-electron chi connectivity index (χ1n) is 10.7. The van der Waals surface area contributed by atoms with Gasteiger partial charge in [-0.25, -0.2) is 9.37 Å². The van der Waals surface area contributed by atoms with E-state index in [2.05, 4.69) is 15.6 Å². The number of amides is 2. The standard InChI is InChI=1S/C26H25FN4O2/c1-17-7-6-12-31-16-22(30-26(17)31)15-25(33)28-18(2)19-9-5-10-21(13-19)29-24(32)14-20-8-3-4-11-23(20)27/h3-13,16,18H,14-15H2,1-2H3,(H,28,33)(H,29,32). The highest BCUT2D eigenvalue weighted by molar-refractivity contribution is 5.92. The van der Waals surface area contributed by atoms with Crippen LogP contribution in [0, 0.1) is 12.7 Å². The van der Waals surface area contributed by atoms with E-state index in [1.165, 1.54) is 6.07 Å². The molecule has 2 aromatic carbocycles. The van der Waals surface area contributed by atoms with Gasteiger partial charge in [-0.15, -0.1) is 0 Å². The third-order valence-electron chi connectivity index (χ3n) is 5.43. The van der Waals surface area contributed by atoms with E-state index in [9.17, 15) is 14.0 Å². The quantitative estimate of drug-likeness (QED) is 0.444. The Morgan fingerprint density at radius 1 is 1.03 bits per heavy atom. The molecule has 2 amide bonds. The molecule has 33 heavy (non-hydrogen) atoms. The number of imidazole rings is 1. The summed E-state index contributed by atoms with van der Waals surface area (Å²) in [5.41, 5.74) is 4.36. The number of pyridine rings is 1. The van der Waals surface area contributed by atoms with Crippen LogP contribution in [0.25, 0.3) is 5.65 Å². The second-order valence-corrected chi connectivity index (χ2v) is 8.06. The molecule has 0 saturated carbocycles. The first-order valence-corrected chi connectivity index (χ1v) is 10.7. The van der Waals surface area contributed by atoms with Gasteiger partial charge in [-0.3, -0.25) is 9.59 Å². The van der Waals surface area contributed by atoms with Crippen molar-refractivity contribution in [1.82, 2.24) is 14.7 Å². The molecule has 0 saturated heterocycles. The molecule has 7 heteroatoms. The molecule has 4 aromatic rings. The van der Waals surface area contributed by atoms with Crippen LogP contribution in [-0.4, -0.2) is 21.2 Å². The van der Waals surface area contributed by atoms with Crippen molar-refractivity contribution < 1.29 is 14.0 Å². The molecule has 0 aliphatic carbocycles. The van der Waals surface area contributed by atoms with Crippen LogP contribution in [0.15, 0.2) is 73.1 Å². The van der Waals surface area contributed by atoms with Crippen molar-refractivity contribution >= 4 is 23.1 Å². The zero-order valence-electron chi connectivity index (χ0n) is 18.5. The Hall–Kier alpha value is -4.00. The number of halogens is 1. The van der Waals surface area contributed by atoms with E-state index in [1.807, 2.05) is 54.9 Å². The van der Waals surface area contributed by atoms with Gasteiger partial charge in [0.25, 0.3) is 0 Å². The molecule has 2 N–H and O–H groups in total. The van der Waals surface area contributed by atoms with E-state index in [0.29, 0.717) is 16.9 Å². The van der Waals surface area contributed by atoms with Crippen LogP contribution in [0.2, 0.25) is 0 Å². The van der Waals surface area contributed by atoms with Gasteiger partial charge in [-0.1, -0.05) is 36.4 Å². The maximum absolute atomic E-state index is 13.8. The highest BCUT2D eigenvalue weighted by atomic mass is 19.1. The van der Waals surface area contributed by atoms with Crippen LogP contribution < -0.4 is 10.6 Å². The minimum atomic E-state index is -0.404. The highest BCUT2D eigenvalue weighted by Crippen LogP contribution is 2.19. The van der Waals surface area contributed by atoms with Gasteiger partial charge in [-0.05, 0) is 54.8 Å². The molecular weight excluding hydrogens is 419 g/mol. The molecule has 0 aliphatic rings. The van der Waals surface area contributed by atoms with Crippen molar-refractivity contribution in [2.45, 2.75) is 32.7 Å². The molecule has 2 aromatic heterocycles. The molecule has 0 bridgehead atoms. The van der Waals surface area contributed by atoms with Gasteiger partial charge >= 0.3 is 0 Å². The lowest BCUT2D eigenvalue weighted by molar-refractivity contribution is -0.121. The minimum Gasteiger partial charge on any atom is -0.349 e. The van der Waals surface area contributed by atoms with Gasteiger partial charge in [-0.2, -0.15) is 0 Å². The number of hydrogen-bond acceptors (Lipinski definition) is 3. The molecule has 0 fully saturated rings. The summed E-state index contributed by atoms with van der Waals surface area (Å²) in [6, 6.07) is 17.1. The van der Waals surface area contributed by atoms with Gasteiger partial charge in [0.1, 0.15) is 11.5 Å². The van der Waals surface area contributed by atoms with Crippen molar-refractivity contribution in [3.8, 4) is 0 Å². The second kappa shape index (κ2) is 9.65. The molecule has 168 valence electrons. The van der Waals surface area contributed by atoms with Gasteiger partial charge in [0, 0.05) is 18.1 Å². The topological polar surface area (TPSA) is 75.5 Å². The van der Waals surface area contributed by atoms with Gasteiger partial charge in [0.15, 0.2) is 0 Å². The third kappa shape index (κ3) is 5.44. The van der Waals surface area contributed by atoms with Gasteiger partial charge in [0.05, 0.1) is 24.6 Å². The lowest BCUT2D eigenvalue weighted by atomic mass is 10.1. The summed E-state index contributed by atoms with van der Waals surface area (Å²) in [7, 11) is 0. The van der Waals surface area contributed by atoms with E-state index in [0.717, 1.165) is 16.8 Å². The van der Waals surface area contributed by atoms with E-state index < -0.39 is 5.82 Å². The van der Waals surface area contributed by atoms with Crippen molar-refractivity contribution in [2.75, 3.05) is 5.32 Å². The lowest BCUT2D eigenvalue weighted by Crippen LogP contribution is -2.28. The summed E-state index contributed by atoms with van der Waals surface area (Å²) < 4.78 is 15.7. The Morgan fingerprint density at radius 3 is 2.64 bits per heavy atom. The number of nitrogens with zero attached hydrogens (tertiary/aromatic N) is 2. The molecule has 1 atom stereocenters. The minimum absolute atomic E-state index is 0.0539. The monoisotopic (exact) mass is 444 g/mol. The number of carbonyl (C=O) groups excluding carboxylic acids is 2. The number of fused-ring (bicyclic) bond motifs is 1. The molecular formula is C26H25FN4O2. The first-order chi connectivity index (χ1) is 15.9. The Bertz CT molecular complexity index is 1310. The fourth-order valence-electron chi connectivity index (χ4n) is 3.74. The van der Waals surface area contributed by atoms with Crippen molar-refractivity contribution in [1.29, 1.82) is 0 Å². The summed E-state index contributed by atoms with van der Waals surface area (Å²) in [6.45, 7) is 3.86. The number of aryl methyl sites for hydroxylation is 1. The van der Waals surface area contributed by atoms with Crippen molar-refractivity contribution in [2.24, 2.45) is 0 Å². The van der Waals surface area contributed by atoms with Crippen LogP contribution in [0.5, 0.6) is 0 Å². The Labute approximate surface area is 191 Å². The predicted octanol–water partition coefficient (Wildman–Crippen LogP) is 4.38. The van der Waals surface area contributed by atoms with Crippen molar-refractivity contribution in [3.63, 3.8) is 0 Å². The van der Waals surface area contributed by atoms with E-state index in [4.69, 9.17) is 0 Å². The average Bonchev–Trinajstić information content (AvgIpc) is 3.19. The number of benzene rings is 2. The molecule has 1 unspecified atom stereocenters. The molecule has 6 nitrogen and oxygen atoms in total. The van der Waals surface area contributed by atoms with Crippen LogP contribution in [0.3, 0.4) is 0 Å². The summed E-state index contributed by atoms with van der Waals surface area (Å²) in [5, 5.41) is 5.78. The number of anilines is 1. The van der Waals surface area contributed by atoms with Gasteiger partial charge in [0.2, 0.25) is 11.8 Å². The maximum atomic E-state index is 13.8. The largest absolute Gasteiger partial charge is 0.349 e. The fraction of sp³-hybridized carbons (Fsp3) is 0.192. The van der Waals surface area contributed by atoms with Crippen LogP contribution in [0.4, 0.5) is 10.1 Å². The number of carbonyl (C=O) groups is 2. The van der Waals surface area contributed by atoms with Gasteiger partial charge < -0.3 is 15.0 Å². The average molecular weight is 445 g/mol. The Balaban J connectivity index is 1.37. The number of nitrogens with one attached hydrogen (secondary N) is 2. The smallest absolute Gasteiger partial charge is 0.228 e. The predicted molar refractivity (Wildman–Crippen MR) is 125 cm³/mol. The lowest BCUT2D eigenvalue weighted by Gasteiger charge is -2.15. The Morgan fingerprint density at radius 2 is 1.85 bits per heavy atom. The highest BCUT2D eigenvalue weighted by Gasteiger charge is 2.14. The summed E-state index contributed by atoms with van der Waals surface area (Å²) in [4.78, 5) is 29.5. The van der Waals surface area contributed by atoms with E-state index >= 15 is 0 Å². The molecule has 2 heterocycles. The molecule has 0 spiro atoms. The summed E-state index contributed by atoms with van der Waals surface area (Å²) >= 11 is 0. The number of rotatable bonds is 7. The molecule has 0 radical (unpaired) electrons. The summed E-state index contributed by atoms with van der Waals surface area (Å²) in [6.07, 6.45) is 3.88. The number of hydrogen-bond donors (Lipinski definition) is 2. The second-order valence-electron chi connectivity index (χ2n) is 8.06. The fourth-order valence-corrected chi connectivity index (χ4v) is 3.74. The zero-order chi connectivity index (χ0) is 23.4. The first kappa shape index (κ1) is 22.2. The van der Waals surface area contributed by atoms with Crippen LogP contribution >= 0.6 is 0 Å². The van der Waals surface area contributed by atoms with E-state index in [-0.39, 0.29) is 30.7 Å². The number of aromatic nitrogens is 2. The van der Waals surface area contributed by atoms with Crippen LogP contribution in [0.1, 0.15) is 35.3 Å². The Kier molecular flexibility index (Phi) is 6.49. The van der Waals surface area contributed by atoms with E-state index in [1.54, 1.807) is 30.3 Å².